The van der Waals surface area contributed by atoms with Crippen LogP contribution in [0, 0.1) is 5.92 Å². The molecule has 17 heavy (non-hydrogen) atoms. The number of piperazine rings is 1. The van der Waals surface area contributed by atoms with Gasteiger partial charge in [-0.15, -0.1) is 0 Å². The third-order valence-electron chi connectivity index (χ3n) is 3.47. The Morgan fingerprint density at radius 3 is 2.88 bits per heavy atom. The summed E-state index contributed by atoms with van der Waals surface area (Å²) in [5, 5.41) is 5.54. The Hall–Kier alpha value is -1.10. The minimum atomic E-state index is -0.384. The molecule has 2 fully saturated rings. The molecule has 1 aliphatic heterocycles. The summed E-state index contributed by atoms with van der Waals surface area (Å²) in [6.07, 6.45) is 4.35. The molecule has 2 N–H and O–H groups in total. The van der Waals surface area contributed by atoms with Crippen molar-refractivity contribution in [1.29, 1.82) is 0 Å². The maximum atomic E-state index is 11.8. The molecular weight excluding hydrogens is 220 g/mol. The first-order valence-corrected chi connectivity index (χ1v) is 6.35. The smallest absolute Gasteiger partial charge is 0.325 e. The van der Waals surface area contributed by atoms with Crippen molar-refractivity contribution in [2.45, 2.75) is 44.8 Å². The molecule has 0 radical (unpaired) electrons. The Morgan fingerprint density at radius 1 is 1.41 bits per heavy atom. The Balaban J connectivity index is 1.78. The van der Waals surface area contributed by atoms with Crippen LogP contribution in [-0.2, 0) is 14.3 Å². The maximum absolute atomic E-state index is 11.8. The summed E-state index contributed by atoms with van der Waals surface area (Å²) < 4.78 is 5.48. The number of carbonyl (C=O) groups is 2. The van der Waals surface area contributed by atoms with E-state index in [1.165, 1.54) is 6.42 Å². The van der Waals surface area contributed by atoms with Crippen molar-refractivity contribution in [1.82, 2.24) is 10.6 Å². The predicted molar refractivity (Wildman–Crippen MR) is 62.3 cm³/mol. The lowest BCUT2D eigenvalue weighted by Crippen LogP contribution is -2.56. The van der Waals surface area contributed by atoms with Gasteiger partial charge in [-0.25, -0.2) is 0 Å². The van der Waals surface area contributed by atoms with Gasteiger partial charge in [-0.05, 0) is 25.2 Å². The van der Waals surface area contributed by atoms with E-state index in [-0.39, 0.29) is 30.6 Å². The van der Waals surface area contributed by atoms with Gasteiger partial charge in [0.15, 0.2) is 0 Å². The van der Waals surface area contributed by atoms with Crippen LogP contribution in [-0.4, -0.2) is 37.1 Å². The van der Waals surface area contributed by atoms with Crippen LogP contribution in [0.1, 0.15) is 32.6 Å². The molecule has 0 bridgehead atoms. The molecule has 0 aromatic carbocycles. The van der Waals surface area contributed by atoms with E-state index < -0.39 is 0 Å². The molecule has 0 spiro atoms. The Morgan fingerprint density at radius 2 is 2.24 bits per heavy atom. The molecule has 2 aliphatic rings. The second-order valence-corrected chi connectivity index (χ2v) is 5.07. The summed E-state index contributed by atoms with van der Waals surface area (Å²) >= 11 is 0. The van der Waals surface area contributed by atoms with Crippen molar-refractivity contribution in [3.63, 3.8) is 0 Å². The Labute approximate surface area is 101 Å². The minimum Gasteiger partial charge on any atom is -0.461 e. The van der Waals surface area contributed by atoms with Crippen LogP contribution >= 0.6 is 0 Å². The van der Waals surface area contributed by atoms with Crippen molar-refractivity contribution in [3.8, 4) is 0 Å². The first-order valence-electron chi connectivity index (χ1n) is 6.35. The molecule has 3 unspecified atom stereocenters. The summed E-state index contributed by atoms with van der Waals surface area (Å²) in [4.78, 5) is 22.8. The highest BCUT2D eigenvalue weighted by atomic mass is 16.5. The van der Waals surface area contributed by atoms with E-state index in [0.29, 0.717) is 12.5 Å². The van der Waals surface area contributed by atoms with E-state index in [1.54, 1.807) is 0 Å². The molecule has 5 heteroatoms. The summed E-state index contributed by atoms with van der Waals surface area (Å²) in [5.74, 6) is 0.338. The van der Waals surface area contributed by atoms with Gasteiger partial charge in [-0.2, -0.15) is 0 Å². The molecular formula is C12H20N2O3. The average Bonchev–Trinajstić information content (AvgIpc) is 2.29. The Bertz CT molecular complexity index is 296. The topological polar surface area (TPSA) is 67.4 Å². The molecule has 5 nitrogen and oxygen atoms in total. The van der Waals surface area contributed by atoms with E-state index in [0.717, 1.165) is 19.3 Å². The summed E-state index contributed by atoms with van der Waals surface area (Å²) in [6.45, 7) is 2.72. The van der Waals surface area contributed by atoms with Crippen molar-refractivity contribution in [2.75, 3.05) is 13.1 Å². The first kappa shape index (κ1) is 12.4. The quantitative estimate of drug-likeness (QED) is 0.676. The number of esters is 1. The van der Waals surface area contributed by atoms with E-state index in [1.807, 2.05) is 0 Å². The molecule has 0 aromatic heterocycles. The lowest BCUT2D eigenvalue weighted by Gasteiger charge is -2.29. The van der Waals surface area contributed by atoms with Gasteiger partial charge in [0, 0.05) is 6.54 Å². The molecule has 1 saturated carbocycles. The number of nitrogens with one attached hydrogen (secondary N) is 2. The van der Waals surface area contributed by atoms with Crippen molar-refractivity contribution in [2.24, 2.45) is 5.92 Å². The molecule has 1 heterocycles. The van der Waals surface area contributed by atoms with Gasteiger partial charge in [0.05, 0.1) is 6.54 Å². The molecule has 3 atom stereocenters. The van der Waals surface area contributed by atoms with E-state index in [4.69, 9.17) is 4.74 Å². The fourth-order valence-corrected chi connectivity index (χ4v) is 2.47. The van der Waals surface area contributed by atoms with Crippen LogP contribution < -0.4 is 10.6 Å². The van der Waals surface area contributed by atoms with Crippen LogP contribution in [0.25, 0.3) is 0 Å². The van der Waals surface area contributed by atoms with Gasteiger partial charge in [0.2, 0.25) is 5.91 Å². The van der Waals surface area contributed by atoms with Gasteiger partial charge in [-0.1, -0.05) is 13.3 Å². The van der Waals surface area contributed by atoms with E-state index in [9.17, 15) is 9.59 Å². The van der Waals surface area contributed by atoms with E-state index in [2.05, 4.69) is 17.6 Å². The fourth-order valence-electron chi connectivity index (χ4n) is 2.47. The summed E-state index contributed by atoms with van der Waals surface area (Å²) in [6, 6.07) is -0.384. The first-order chi connectivity index (χ1) is 8.15. The standard InChI is InChI=1S/C12H20N2O3/c1-8-3-2-4-9(5-8)17-12(16)10-6-14-11(15)7-13-10/h8-10,13H,2-7H2,1H3,(H,14,15). The van der Waals surface area contributed by atoms with Crippen LogP contribution in [0.2, 0.25) is 0 Å². The predicted octanol–water partition coefficient (Wildman–Crippen LogP) is 0.196. The molecule has 96 valence electrons. The number of carbonyl (C=O) groups excluding carboxylic acids is 2. The summed E-state index contributed by atoms with van der Waals surface area (Å²) in [5.41, 5.74) is 0. The van der Waals surface area contributed by atoms with Crippen LogP contribution in [0.15, 0.2) is 0 Å². The molecule has 1 aliphatic carbocycles. The molecule has 1 saturated heterocycles. The third kappa shape index (κ3) is 3.43. The second-order valence-electron chi connectivity index (χ2n) is 5.07. The largest absolute Gasteiger partial charge is 0.461 e. The maximum Gasteiger partial charge on any atom is 0.325 e. The van der Waals surface area contributed by atoms with Crippen molar-refractivity contribution < 1.29 is 14.3 Å². The minimum absolute atomic E-state index is 0.0608. The molecule has 2 rings (SSSR count). The van der Waals surface area contributed by atoms with Crippen LogP contribution in [0.4, 0.5) is 0 Å². The zero-order chi connectivity index (χ0) is 12.3. The zero-order valence-electron chi connectivity index (χ0n) is 10.2. The monoisotopic (exact) mass is 240 g/mol. The number of hydrogen-bond acceptors (Lipinski definition) is 4. The SMILES string of the molecule is CC1CCCC(OC(=O)C2CNC(=O)CN2)C1. The fraction of sp³-hybridized carbons (Fsp3) is 0.833. The van der Waals surface area contributed by atoms with Gasteiger partial charge >= 0.3 is 5.97 Å². The lowest BCUT2D eigenvalue weighted by molar-refractivity contribution is -0.154. The molecule has 1 amide bonds. The normalized spacial score (nSPS) is 33.9. The molecule has 0 aromatic rings. The van der Waals surface area contributed by atoms with E-state index >= 15 is 0 Å². The Kier molecular flexibility index (Phi) is 3.99. The third-order valence-corrected chi connectivity index (χ3v) is 3.47. The van der Waals surface area contributed by atoms with Gasteiger partial charge in [0.1, 0.15) is 12.1 Å². The van der Waals surface area contributed by atoms with Gasteiger partial charge < -0.3 is 10.1 Å². The second kappa shape index (κ2) is 5.49. The zero-order valence-corrected chi connectivity index (χ0v) is 10.2. The van der Waals surface area contributed by atoms with Crippen molar-refractivity contribution in [3.05, 3.63) is 0 Å². The lowest BCUT2D eigenvalue weighted by atomic mass is 9.89. The number of amides is 1. The number of rotatable bonds is 2. The van der Waals surface area contributed by atoms with Gasteiger partial charge in [0.25, 0.3) is 0 Å². The van der Waals surface area contributed by atoms with Crippen LogP contribution in [0.3, 0.4) is 0 Å². The number of hydrogen-bond donors (Lipinski definition) is 2. The summed E-state index contributed by atoms with van der Waals surface area (Å²) in [7, 11) is 0. The highest BCUT2D eigenvalue weighted by Crippen LogP contribution is 2.25. The number of ether oxygens (including phenoxy) is 1. The van der Waals surface area contributed by atoms with Crippen molar-refractivity contribution >= 4 is 11.9 Å². The van der Waals surface area contributed by atoms with Gasteiger partial charge in [-0.3, -0.25) is 14.9 Å². The highest BCUT2D eigenvalue weighted by Gasteiger charge is 2.29. The van der Waals surface area contributed by atoms with Crippen LogP contribution in [0.5, 0.6) is 0 Å². The average molecular weight is 240 g/mol. The highest BCUT2D eigenvalue weighted by molar-refractivity contribution is 5.83.